The van der Waals surface area contributed by atoms with E-state index in [4.69, 9.17) is 4.74 Å². The predicted molar refractivity (Wildman–Crippen MR) is 77.2 cm³/mol. The summed E-state index contributed by atoms with van der Waals surface area (Å²) >= 11 is 2.21. The molecular formula is C13H18INO2. The average molecular weight is 347 g/mol. The normalized spacial score (nSPS) is 10.0. The Morgan fingerprint density at radius 1 is 1.41 bits per heavy atom. The van der Waals surface area contributed by atoms with E-state index in [1.165, 1.54) is 0 Å². The van der Waals surface area contributed by atoms with Crippen LogP contribution in [0.2, 0.25) is 0 Å². The molecule has 4 heteroatoms. The van der Waals surface area contributed by atoms with Gasteiger partial charge in [-0.05, 0) is 47.2 Å². The standard InChI is InChI=1S/C13H18INO2/c1-2-3-4-8-15-13(16)10-17-12-7-5-6-11(14)9-12/h5-7,9H,2-4,8,10H2,1H3,(H,15,16). The highest BCUT2D eigenvalue weighted by molar-refractivity contribution is 14.1. The van der Waals surface area contributed by atoms with Gasteiger partial charge in [-0.3, -0.25) is 4.79 Å². The molecule has 0 aliphatic rings. The lowest BCUT2D eigenvalue weighted by Gasteiger charge is -2.07. The molecule has 3 nitrogen and oxygen atoms in total. The topological polar surface area (TPSA) is 38.3 Å². The van der Waals surface area contributed by atoms with E-state index in [2.05, 4.69) is 34.8 Å². The van der Waals surface area contributed by atoms with Crippen molar-refractivity contribution in [3.63, 3.8) is 0 Å². The number of carbonyl (C=O) groups is 1. The Balaban J connectivity index is 2.19. The van der Waals surface area contributed by atoms with Gasteiger partial charge < -0.3 is 10.1 Å². The fourth-order valence-electron chi connectivity index (χ4n) is 1.36. The number of hydrogen-bond acceptors (Lipinski definition) is 2. The molecule has 0 atom stereocenters. The molecule has 0 unspecified atom stereocenters. The van der Waals surface area contributed by atoms with Crippen LogP contribution in [-0.2, 0) is 4.79 Å². The van der Waals surface area contributed by atoms with Crippen molar-refractivity contribution in [2.75, 3.05) is 13.2 Å². The van der Waals surface area contributed by atoms with Crippen molar-refractivity contribution in [1.82, 2.24) is 5.32 Å². The molecule has 0 aliphatic heterocycles. The molecule has 0 radical (unpaired) electrons. The van der Waals surface area contributed by atoms with Crippen LogP contribution in [0.15, 0.2) is 24.3 Å². The number of amides is 1. The number of carbonyl (C=O) groups excluding carboxylic acids is 1. The van der Waals surface area contributed by atoms with Crippen LogP contribution in [-0.4, -0.2) is 19.1 Å². The van der Waals surface area contributed by atoms with E-state index < -0.39 is 0 Å². The van der Waals surface area contributed by atoms with Gasteiger partial charge in [-0.25, -0.2) is 0 Å². The van der Waals surface area contributed by atoms with E-state index in [0.717, 1.165) is 35.1 Å². The van der Waals surface area contributed by atoms with Crippen LogP contribution >= 0.6 is 22.6 Å². The second-order valence-electron chi connectivity index (χ2n) is 3.80. The largest absolute Gasteiger partial charge is 0.484 e. The highest BCUT2D eigenvalue weighted by Gasteiger charge is 2.01. The molecule has 1 N–H and O–H groups in total. The maximum absolute atomic E-state index is 11.4. The van der Waals surface area contributed by atoms with Gasteiger partial charge in [0.15, 0.2) is 6.61 Å². The number of rotatable bonds is 7. The van der Waals surface area contributed by atoms with Crippen molar-refractivity contribution in [3.8, 4) is 5.75 Å². The third-order valence-corrected chi connectivity index (χ3v) is 2.94. The first-order valence-electron chi connectivity index (χ1n) is 5.87. The van der Waals surface area contributed by atoms with Gasteiger partial charge in [0, 0.05) is 10.1 Å². The van der Waals surface area contributed by atoms with Gasteiger partial charge in [-0.15, -0.1) is 0 Å². The Bertz CT molecular complexity index is 355. The molecule has 17 heavy (non-hydrogen) atoms. The summed E-state index contributed by atoms with van der Waals surface area (Å²) in [4.78, 5) is 11.4. The van der Waals surface area contributed by atoms with Crippen LogP contribution in [0.5, 0.6) is 5.75 Å². The number of unbranched alkanes of at least 4 members (excludes halogenated alkanes) is 2. The van der Waals surface area contributed by atoms with E-state index in [-0.39, 0.29) is 12.5 Å². The smallest absolute Gasteiger partial charge is 0.257 e. The molecule has 0 saturated heterocycles. The third kappa shape index (κ3) is 6.51. The lowest BCUT2D eigenvalue weighted by molar-refractivity contribution is -0.123. The second-order valence-corrected chi connectivity index (χ2v) is 5.05. The average Bonchev–Trinajstić information content (AvgIpc) is 2.32. The molecule has 0 heterocycles. The van der Waals surface area contributed by atoms with Crippen molar-refractivity contribution in [3.05, 3.63) is 27.8 Å². The Labute approximate surface area is 116 Å². The van der Waals surface area contributed by atoms with E-state index in [9.17, 15) is 4.79 Å². The molecule has 1 rings (SSSR count). The number of halogens is 1. The van der Waals surface area contributed by atoms with Gasteiger partial charge in [-0.1, -0.05) is 25.8 Å². The molecule has 1 aromatic carbocycles. The first-order valence-corrected chi connectivity index (χ1v) is 6.95. The first-order chi connectivity index (χ1) is 8.22. The van der Waals surface area contributed by atoms with E-state index in [0.29, 0.717) is 0 Å². The summed E-state index contributed by atoms with van der Waals surface area (Å²) in [5.74, 6) is 0.681. The number of benzene rings is 1. The van der Waals surface area contributed by atoms with Gasteiger partial charge in [0.2, 0.25) is 0 Å². The first kappa shape index (κ1) is 14.3. The fourth-order valence-corrected chi connectivity index (χ4v) is 1.87. The predicted octanol–water partition coefficient (Wildman–Crippen LogP) is 2.98. The zero-order chi connectivity index (χ0) is 12.5. The van der Waals surface area contributed by atoms with E-state index in [1.54, 1.807) is 0 Å². The van der Waals surface area contributed by atoms with Crippen molar-refractivity contribution in [2.24, 2.45) is 0 Å². The minimum absolute atomic E-state index is 0.0556. The van der Waals surface area contributed by atoms with Gasteiger partial charge >= 0.3 is 0 Å². The second kappa shape index (κ2) is 8.33. The Hall–Kier alpha value is -0.780. The van der Waals surface area contributed by atoms with E-state index in [1.807, 2.05) is 24.3 Å². The molecule has 0 aliphatic carbocycles. The van der Waals surface area contributed by atoms with Crippen LogP contribution in [0.1, 0.15) is 26.2 Å². The minimum Gasteiger partial charge on any atom is -0.484 e. The summed E-state index contributed by atoms with van der Waals surface area (Å²) in [6.07, 6.45) is 3.35. The summed E-state index contributed by atoms with van der Waals surface area (Å²) < 4.78 is 6.49. The maximum atomic E-state index is 11.4. The summed E-state index contributed by atoms with van der Waals surface area (Å²) in [6.45, 7) is 2.97. The van der Waals surface area contributed by atoms with Gasteiger partial charge in [0.25, 0.3) is 5.91 Å². The van der Waals surface area contributed by atoms with Crippen molar-refractivity contribution in [1.29, 1.82) is 0 Å². The van der Waals surface area contributed by atoms with Gasteiger partial charge in [-0.2, -0.15) is 0 Å². The van der Waals surface area contributed by atoms with Crippen LogP contribution in [0.3, 0.4) is 0 Å². The molecule has 0 bridgehead atoms. The monoisotopic (exact) mass is 347 g/mol. The van der Waals surface area contributed by atoms with Crippen LogP contribution < -0.4 is 10.1 Å². The summed E-state index contributed by atoms with van der Waals surface area (Å²) in [6, 6.07) is 7.66. The minimum atomic E-state index is -0.0556. The lowest BCUT2D eigenvalue weighted by Crippen LogP contribution is -2.29. The third-order valence-electron chi connectivity index (χ3n) is 2.27. The Morgan fingerprint density at radius 2 is 2.24 bits per heavy atom. The fraction of sp³-hybridized carbons (Fsp3) is 0.462. The van der Waals surface area contributed by atoms with Crippen LogP contribution in [0.25, 0.3) is 0 Å². The highest BCUT2D eigenvalue weighted by atomic mass is 127. The molecule has 1 amide bonds. The van der Waals surface area contributed by atoms with Gasteiger partial charge in [0.1, 0.15) is 5.75 Å². The highest BCUT2D eigenvalue weighted by Crippen LogP contribution is 2.14. The Kier molecular flexibility index (Phi) is 7.00. The van der Waals surface area contributed by atoms with Crippen molar-refractivity contribution < 1.29 is 9.53 Å². The molecule has 94 valence electrons. The van der Waals surface area contributed by atoms with Crippen molar-refractivity contribution >= 4 is 28.5 Å². The molecule has 1 aromatic rings. The number of ether oxygens (including phenoxy) is 1. The van der Waals surface area contributed by atoms with Crippen LogP contribution in [0.4, 0.5) is 0 Å². The SMILES string of the molecule is CCCCCNC(=O)COc1cccc(I)c1. The van der Waals surface area contributed by atoms with Crippen molar-refractivity contribution in [2.45, 2.75) is 26.2 Å². The maximum Gasteiger partial charge on any atom is 0.257 e. The van der Waals surface area contributed by atoms with E-state index >= 15 is 0 Å². The Morgan fingerprint density at radius 3 is 2.94 bits per heavy atom. The quantitative estimate of drug-likeness (QED) is 0.608. The summed E-state index contributed by atoms with van der Waals surface area (Å²) in [7, 11) is 0. The molecule has 0 spiro atoms. The lowest BCUT2D eigenvalue weighted by atomic mass is 10.2. The van der Waals surface area contributed by atoms with Crippen LogP contribution in [0, 0.1) is 3.57 Å². The molecule has 0 fully saturated rings. The molecule has 0 aromatic heterocycles. The number of hydrogen-bond donors (Lipinski definition) is 1. The number of nitrogens with one attached hydrogen (secondary N) is 1. The molecule has 0 saturated carbocycles. The summed E-state index contributed by atoms with van der Waals surface area (Å²) in [5, 5.41) is 2.84. The zero-order valence-corrected chi connectivity index (χ0v) is 12.2. The van der Waals surface area contributed by atoms with Gasteiger partial charge in [0.05, 0.1) is 0 Å². The zero-order valence-electron chi connectivity index (χ0n) is 10.0. The summed E-state index contributed by atoms with van der Waals surface area (Å²) in [5.41, 5.74) is 0. The molecular weight excluding hydrogens is 329 g/mol.